The van der Waals surface area contributed by atoms with Crippen LogP contribution >= 0.6 is 12.2 Å². The minimum absolute atomic E-state index is 0.0277. The van der Waals surface area contributed by atoms with E-state index in [9.17, 15) is 4.79 Å². The molecule has 0 spiro atoms. The number of hydrogen-bond donors (Lipinski definition) is 2. The van der Waals surface area contributed by atoms with Gasteiger partial charge in [0.25, 0.3) is 0 Å². The van der Waals surface area contributed by atoms with Crippen LogP contribution in [0.25, 0.3) is 0 Å². The summed E-state index contributed by atoms with van der Waals surface area (Å²) in [5, 5.41) is 3.14. The van der Waals surface area contributed by atoms with Gasteiger partial charge in [-0.3, -0.25) is 15.1 Å². The summed E-state index contributed by atoms with van der Waals surface area (Å²) < 4.78 is 5.04. The van der Waals surface area contributed by atoms with Crippen LogP contribution in [0.15, 0.2) is 65.4 Å². The van der Waals surface area contributed by atoms with E-state index in [1.165, 1.54) is 0 Å². The lowest BCUT2D eigenvalue weighted by atomic mass is 9.98. The standard InChI is InChI=1S/C19H23N3O.C5H9NO.CH2S/c1-14-10-11-18(22(4)13-23)17(12-14)19(21-15(2)20-3)16-8-6-5-7-9-16;6-4-5-2-1-3-7-5;1-2/h5-13,15,20H,1-4H3;2H,1,3-4,6H2;1H2/b21-19-;;. The number of amides is 1. The number of hydrogen-bond acceptors (Lipinski definition) is 6. The van der Waals surface area contributed by atoms with Crippen LogP contribution in [0.2, 0.25) is 0 Å². The summed E-state index contributed by atoms with van der Waals surface area (Å²) in [5.41, 5.74) is 10.1. The van der Waals surface area contributed by atoms with Crippen LogP contribution in [-0.4, -0.2) is 51.4 Å². The number of nitrogens with one attached hydrogen (secondary N) is 1. The van der Waals surface area contributed by atoms with E-state index in [1.807, 2.05) is 69.4 Å². The number of thiocarbonyl (C=S) groups is 1. The number of nitrogens with two attached hydrogens (primary N) is 1. The Labute approximate surface area is 197 Å². The van der Waals surface area contributed by atoms with Crippen molar-refractivity contribution in [2.45, 2.75) is 26.4 Å². The van der Waals surface area contributed by atoms with Crippen LogP contribution in [0.3, 0.4) is 0 Å². The first-order chi connectivity index (χ1) is 15.5. The summed E-state index contributed by atoms with van der Waals surface area (Å²) in [6.07, 6.45) is 3.85. The first-order valence-corrected chi connectivity index (χ1v) is 11.0. The van der Waals surface area contributed by atoms with E-state index in [-0.39, 0.29) is 6.17 Å². The molecule has 1 aliphatic rings. The van der Waals surface area contributed by atoms with Gasteiger partial charge in [0, 0.05) is 24.6 Å². The van der Waals surface area contributed by atoms with Crippen molar-refractivity contribution < 1.29 is 9.53 Å². The van der Waals surface area contributed by atoms with E-state index >= 15 is 0 Å². The highest BCUT2D eigenvalue weighted by molar-refractivity contribution is 7.77. The molecule has 1 heterocycles. The number of anilines is 1. The number of nitrogens with zero attached hydrogens (tertiary/aromatic N) is 2. The molecular weight excluding hydrogens is 420 g/mol. The molecule has 172 valence electrons. The fourth-order valence-electron chi connectivity index (χ4n) is 2.97. The van der Waals surface area contributed by atoms with E-state index in [0.717, 1.165) is 53.3 Å². The molecule has 32 heavy (non-hydrogen) atoms. The summed E-state index contributed by atoms with van der Waals surface area (Å²) in [7, 11) is 3.64. The second-order valence-electron chi connectivity index (χ2n) is 7.06. The smallest absolute Gasteiger partial charge is 0.213 e. The Morgan fingerprint density at radius 1 is 1.31 bits per heavy atom. The third-order valence-electron chi connectivity index (χ3n) is 4.71. The van der Waals surface area contributed by atoms with Crippen LogP contribution in [0.1, 0.15) is 30.0 Å². The summed E-state index contributed by atoms with van der Waals surface area (Å²) in [6.45, 7) is 5.42. The number of benzene rings is 2. The van der Waals surface area contributed by atoms with Crippen molar-refractivity contribution in [3.8, 4) is 0 Å². The fourth-order valence-corrected chi connectivity index (χ4v) is 2.97. The minimum atomic E-state index is -0.0277. The highest BCUT2D eigenvalue weighted by atomic mass is 32.1. The molecule has 0 radical (unpaired) electrons. The first-order valence-electron chi connectivity index (χ1n) is 10.4. The Morgan fingerprint density at radius 2 is 2.00 bits per heavy atom. The van der Waals surface area contributed by atoms with Crippen molar-refractivity contribution in [1.82, 2.24) is 5.32 Å². The molecule has 0 saturated carbocycles. The van der Waals surface area contributed by atoms with Crippen LogP contribution in [0.4, 0.5) is 5.69 Å². The van der Waals surface area contributed by atoms with E-state index in [4.69, 9.17) is 15.5 Å². The third kappa shape index (κ3) is 8.34. The Morgan fingerprint density at radius 3 is 2.50 bits per heavy atom. The quantitative estimate of drug-likeness (QED) is 0.377. The van der Waals surface area contributed by atoms with E-state index in [1.54, 1.807) is 11.9 Å². The molecule has 1 atom stereocenters. The molecule has 0 aromatic heterocycles. The second-order valence-corrected chi connectivity index (χ2v) is 7.06. The van der Waals surface area contributed by atoms with Gasteiger partial charge in [0.05, 0.1) is 30.7 Å². The van der Waals surface area contributed by atoms with Gasteiger partial charge in [0.15, 0.2) is 0 Å². The highest BCUT2D eigenvalue weighted by Gasteiger charge is 2.15. The Bertz CT molecular complexity index is 900. The molecule has 3 N–H and O–H groups in total. The van der Waals surface area contributed by atoms with Gasteiger partial charge in [-0.25, -0.2) is 0 Å². The van der Waals surface area contributed by atoms with Crippen molar-refractivity contribution in [2.75, 3.05) is 32.1 Å². The average molecular weight is 455 g/mol. The molecule has 0 bridgehead atoms. The molecule has 1 amide bonds. The Balaban J connectivity index is 0.000000477. The zero-order valence-corrected chi connectivity index (χ0v) is 20.2. The monoisotopic (exact) mass is 454 g/mol. The van der Waals surface area contributed by atoms with Gasteiger partial charge in [-0.15, -0.1) is 0 Å². The van der Waals surface area contributed by atoms with Crippen LogP contribution < -0.4 is 16.0 Å². The molecule has 1 unspecified atom stereocenters. The summed E-state index contributed by atoms with van der Waals surface area (Å²) >= 11 is 3.83. The van der Waals surface area contributed by atoms with Crippen molar-refractivity contribution >= 4 is 35.9 Å². The maximum atomic E-state index is 11.3. The summed E-state index contributed by atoms with van der Waals surface area (Å²) in [5.74, 6) is 3.78. The number of aliphatic imine (C=N–C) groups is 1. The van der Waals surface area contributed by atoms with Gasteiger partial charge < -0.3 is 15.4 Å². The predicted octanol–water partition coefficient (Wildman–Crippen LogP) is 3.86. The molecule has 0 fully saturated rings. The SMILES string of the molecule is C=S.CNC(C)/N=C(/c1ccccc1)c1cc(C)ccc1N(C)C=O.NCC1=CCCO1. The lowest BCUT2D eigenvalue weighted by molar-refractivity contribution is -0.107. The fraction of sp³-hybridized carbons (Fsp3) is 0.320. The predicted molar refractivity (Wildman–Crippen MR) is 139 cm³/mol. The Kier molecular flexibility index (Phi) is 12.7. The van der Waals surface area contributed by atoms with Crippen LogP contribution in [0.5, 0.6) is 0 Å². The van der Waals surface area contributed by atoms with Crippen LogP contribution in [0, 0.1) is 6.92 Å². The average Bonchev–Trinajstić information content (AvgIpc) is 3.38. The van der Waals surface area contributed by atoms with Gasteiger partial charge in [-0.05, 0) is 45.0 Å². The van der Waals surface area contributed by atoms with Crippen molar-refractivity contribution in [1.29, 1.82) is 0 Å². The summed E-state index contributed by atoms with van der Waals surface area (Å²) in [4.78, 5) is 17.7. The number of carbonyl (C=O) groups excluding carboxylic acids is 1. The van der Waals surface area contributed by atoms with E-state index in [0.29, 0.717) is 6.54 Å². The molecule has 0 aliphatic carbocycles. The molecular formula is C25H34N4O2S. The Hall–Kier alpha value is -2.87. The van der Waals surface area contributed by atoms with Gasteiger partial charge in [-0.1, -0.05) is 54.2 Å². The first kappa shape index (κ1) is 27.2. The molecule has 7 heteroatoms. The number of ether oxygens (including phenoxy) is 1. The third-order valence-corrected chi connectivity index (χ3v) is 4.71. The van der Waals surface area contributed by atoms with Crippen molar-refractivity contribution in [3.05, 3.63) is 77.1 Å². The minimum Gasteiger partial charge on any atom is -0.497 e. The van der Waals surface area contributed by atoms with Gasteiger partial charge >= 0.3 is 0 Å². The van der Waals surface area contributed by atoms with Crippen molar-refractivity contribution in [3.63, 3.8) is 0 Å². The van der Waals surface area contributed by atoms with E-state index in [2.05, 4.69) is 29.5 Å². The normalized spacial score (nSPS) is 13.4. The second kappa shape index (κ2) is 15.0. The summed E-state index contributed by atoms with van der Waals surface area (Å²) in [6, 6.07) is 16.1. The van der Waals surface area contributed by atoms with E-state index < -0.39 is 0 Å². The maximum absolute atomic E-state index is 11.3. The topological polar surface area (TPSA) is 80.0 Å². The zero-order chi connectivity index (χ0) is 23.9. The number of rotatable bonds is 7. The number of aryl methyl sites for hydroxylation is 1. The van der Waals surface area contributed by atoms with Gasteiger partial charge in [-0.2, -0.15) is 0 Å². The molecule has 6 nitrogen and oxygen atoms in total. The number of carbonyl (C=O) groups is 1. The van der Waals surface area contributed by atoms with Gasteiger partial charge in [0.2, 0.25) is 6.41 Å². The van der Waals surface area contributed by atoms with Gasteiger partial charge in [0.1, 0.15) is 5.76 Å². The lowest BCUT2D eigenvalue weighted by Gasteiger charge is -2.19. The molecule has 1 aliphatic heterocycles. The van der Waals surface area contributed by atoms with Crippen LogP contribution in [-0.2, 0) is 9.53 Å². The maximum Gasteiger partial charge on any atom is 0.213 e. The molecule has 3 rings (SSSR count). The largest absolute Gasteiger partial charge is 0.497 e. The van der Waals surface area contributed by atoms with Crippen molar-refractivity contribution in [2.24, 2.45) is 10.7 Å². The molecule has 2 aromatic rings. The molecule has 0 saturated heterocycles. The molecule has 2 aromatic carbocycles. The zero-order valence-electron chi connectivity index (χ0n) is 19.4. The lowest BCUT2D eigenvalue weighted by Crippen LogP contribution is -2.23. The highest BCUT2D eigenvalue weighted by Crippen LogP contribution is 2.24.